The van der Waals surface area contributed by atoms with Crippen LogP contribution in [0.25, 0.3) is 78.0 Å². The molecular weight excluding hydrogens is 725 g/mol. The minimum absolute atomic E-state index is 0.514. The highest BCUT2D eigenvalue weighted by atomic mass is 32.2. The third-order valence-corrected chi connectivity index (χ3v) is 13.0. The first-order chi connectivity index (χ1) is 28.7. The van der Waals surface area contributed by atoms with Crippen molar-refractivity contribution < 1.29 is 0 Å². The highest BCUT2D eigenvalue weighted by Crippen LogP contribution is 2.62. The van der Waals surface area contributed by atoms with Gasteiger partial charge in [-0.25, -0.2) is 15.0 Å². The third kappa shape index (κ3) is 4.90. The Morgan fingerprint density at radius 2 is 0.879 bits per heavy atom. The van der Waals surface area contributed by atoms with Crippen LogP contribution in [0.2, 0.25) is 0 Å². The lowest BCUT2D eigenvalue weighted by Crippen LogP contribution is -2.32. The van der Waals surface area contributed by atoms with E-state index in [-0.39, 0.29) is 0 Å². The van der Waals surface area contributed by atoms with Gasteiger partial charge >= 0.3 is 0 Å². The van der Waals surface area contributed by atoms with Crippen molar-refractivity contribution in [1.29, 1.82) is 0 Å². The van der Waals surface area contributed by atoms with Crippen molar-refractivity contribution in [3.8, 4) is 56.4 Å². The maximum atomic E-state index is 5.25. The Morgan fingerprint density at radius 1 is 0.345 bits per heavy atom. The van der Waals surface area contributed by atoms with Crippen LogP contribution < -0.4 is 0 Å². The molecule has 1 spiro atoms. The molecule has 0 saturated carbocycles. The lowest BCUT2D eigenvalue weighted by atomic mass is 9.67. The van der Waals surface area contributed by atoms with Crippen LogP contribution in [0.1, 0.15) is 22.3 Å². The molecule has 4 nitrogen and oxygen atoms in total. The van der Waals surface area contributed by atoms with Gasteiger partial charge in [0.2, 0.25) is 0 Å². The van der Waals surface area contributed by atoms with Gasteiger partial charge in [-0.2, -0.15) is 0 Å². The van der Waals surface area contributed by atoms with Gasteiger partial charge in [-0.1, -0.05) is 182 Å². The molecule has 12 rings (SSSR count). The number of pyridine rings is 1. The first-order valence-corrected chi connectivity index (χ1v) is 20.4. The Kier molecular flexibility index (Phi) is 7.34. The molecule has 0 amide bonds. The van der Waals surface area contributed by atoms with E-state index in [9.17, 15) is 0 Å². The number of aromatic nitrogens is 4. The summed E-state index contributed by atoms with van der Waals surface area (Å²) in [6.07, 6.45) is 3.94. The molecule has 0 fully saturated rings. The second kappa shape index (κ2) is 12.9. The van der Waals surface area contributed by atoms with E-state index < -0.39 is 5.41 Å². The third-order valence-electron chi connectivity index (χ3n) is 11.9. The zero-order valence-corrected chi connectivity index (χ0v) is 32.0. The van der Waals surface area contributed by atoms with E-state index in [0.29, 0.717) is 17.5 Å². The molecule has 0 saturated heterocycles. The van der Waals surface area contributed by atoms with Crippen LogP contribution in [0.5, 0.6) is 0 Å². The van der Waals surface area contributed by atoms with Gasteiger partial charge in [0, 0.05) is 49.8 Å². The van der Waals surface area contributed by atoms with E-state index in [0.717, 1.165) is 44.0 Å². The number of fused-ring (bicyclic) bond motifs is 11. The van der Waals surface area contributed by atoms with E-state index >= 15 is 0 Å². The molecule has 2 aliphatic rings. The summed E-state index contributed by atoms with van der Waals surface area (Å²) in [6.45, 7) is 0. The summed E-state index contributed by atoms with van der Waals surface area (Å²) < 4.78 is 0. The number of rotatable bonds is 4. The van der Waals surface area contributed by atoms with Crippen molar-refractivity contribution >= 4 is 33.3 Å². The fraction of sp³-hybridized carbons (Fsp3) is 0.0189. The molecule has 58 heavy (non-hydrogen) atoms. The van der Waals surface area contributed by atoms with Gasteiger partial charge < -0.3 is 0 Å². The Hall–Kier alpha value is -7.21. The molecule has 1 aliphatic heterocycles. The van der Waals surface area contributed by atoms with Crippen molar-refractivity contribution in [2.45, 2.75) is 15.2 Å². The van der Waals surface area contributed by atoms with Gasteiger partial charge in [-0.15, -0.1) is 0 Å². The lowest BCUT2D eigenvalue weighted by molar-refractivity contribution is 0.722. The molecule has 5 heteroatoms. The second-order valence-electron chi connectivity index (χ2n) is 15.0. The predicted octanol–water partition coefficient (Wildman–Crippen LogP) is 13.1. The molecule has 1 aliphatic carbocycles. The van der Waals surface area contributed by atoms with Crippen molar-refractivity contribution in [3.63, 3.8) is 0 Å². The smallest absolute Gasteiger partial charge is 0.164 e. The van der Waals surface area contributed by atoms with Crippen LogP contribution in [-0.4, -0.2) is 19.9 Å². The molecular formula is C53H32N4S. The van der Waals surface area contributed by atoms with E-state index in [1.807, 2.05) is 42.4 Å². The van der Waals surface area contributed by atoms with Gasteiger partial charge in [0.15, 0.2) is 17.5 Å². The normalized spacial score (nSPS) is 13.2. The molecule has 0 N–H and O–H groups in total. The maximum absolute atomic E-state index is 5.25. The Labute approximate surface area is 340 Å². The number of benzene rings is 8. The van der Waals surface area contributed by atoms with Crippen molar-refractivity contribution in [1.82, 2.24) is 19.9 Å². The van der Waals surface area contributed by atoms with Gasteiger partial charge in [0.1, 0.15) is 0 Å². The molecule has 2 aromatic heterocycles. The van der Waals surface area contributed by atoms with E-state index in [1.54, 1.807) is 0 Å². The van der Waals surface area contributed by atoms with Crippen molar-refractivity contribution in [3.05, 3.63) is 217 Å². The topological polar surface area (TPSA) is 51.6 Å². The SMILES string of the molecule is c1ccc(-c2nc(-c3ccc4c(c3)Sc3cc(-c5cncc6ccccc56)ccc3C43c4ccccc4-c4ccccc43)nc(-c3cccc4ccccc34)n2)cc1. The molecule has 270 valence electrons. The maximum Gasteiger partial charge on any atom is 0.164 e. The fourth-order valence-corrected chi connectivity index (χ4v) is 10.6. The molecule has 0 radical (unpaired) electrons. The average Bonchev–Trinajstić information content (AvgIpc) is 3.59. The van der Waals surface area contributed by atoms with Crippen LogP contribution >= 0.6 is 11.8 Å². The zero-order chi connectivity index (χ0) is 38.2. The summed E-state index contributed by atoms with van der Waals surface area (Å²) in [5.74, 6) is 1.94. The number of nitrogens with zero attached hydrogens (tertiary/aromatic N) is 4. The Balaban J connectivity index is 1.10. The van der Waals surface area contributed by atoms with E-state index in [4.69, 9.17) is 15.0 Å². The minimum atomic E-state index is -0.514. The van der Waals surface area contributed by atoms with E-state index in [1.165, 1.54) is 48.6 Å². The zero-order valence-electron chi connectivity index (χ0n) is 31.2. The summed E-state index contributed by atoms with van der Waals surface area (Å²) in [4.78, 5) is 22.6. The molecule has 0 bridgehead atoms. The summed E-state index contributed by atoms with van der Waals surface area (Å²) in [5, 5.41) is 4.58. The molecule has 10 aromatic rings. The number of hydrogen-bond donors (Lipinski definition) is 0. The standard InChI is InChI=1S/C53H32N4S/c1-2-14-34(15-3-1)50-55-51(57-52(56-50)42-22-12-17-33-13-4-6-18-38(33)42)36-26-28-47-49(30-36)58-48-29-35(43-32-54-31-37-16-5-7-19-39(37)43)25-27-46(48)53(47)44-23-10-8-20-40(44)41-21-9-11-24-45(41)53/h1-32H. The first-order valence-electron chi connectivity index (χ1n) is 19.5. The van der Waals surface area contributed by atoms with Gasteiger partial charge in [-0.3, -0.25) is 4.98 Å². The predicted molar refractivity (Wildman–Crippen MR) is 236 cm³/mol. The average molecular weight is 757 g/mol. The molecule has 0 atom stereocenters. The highest BCUT2D eigenvalue weighted by Gasteiger charge is 2.50. The van der Waals surface area contributed by atoms with Gasteiger partial charge in [0.25, 0.3) is 0 Å². The van der Waals surface area contributed by atoms with Crippen LogP contribution in [-0.2, 0) is 5.41 Å². The van der Waals surface area contributed by atoms with Crippen molar-refractivity contribution in [2.75, 3.05) is 0 Å². The Morgan fingerprint density at radius 3 is 1.62 bits per heavy atom. The summed E-state index contributed by atoms with van der Waals surface area (Å²) in [6, 6.07) is 65.2. The lowest BCUT2D eigenvalue weighted by Gasteiger charge is -2.40. The molecule has 3 heterocycles. The van der Waals surface area contributed by atoms with Crippen LogP contribution in [0, 0.1) is 0 Å². The fourth-order valence-electron chi connectivity index (χ4n) is 9.33. The van der Waals surface area contributed by atoms with E-state index in [2.05, 4.69) is 169 Å². The largest absolute Gasteiger partial charge is 0.263 e. The van der Waals surface area contributed by atoms with Crippen LogP contribution in [0.4, 0.5) is 0 Å². The molecule has 8 aromatic carbocycles. The second-order valence-corrected chi connectivity index (χ2v) is 16.1. The first kappa shape index (κ1) is 33.0. The number of hydrogen-bond acceptors (Lipinski definition) is 5. The summed E-state index contributed by atoms with van der Waals surface area (Å²) in [7, 11) is 0. The minimum Gasteiger partial charge on any atom is -0.263 e. The Bertz CT molecular complexity index is 3230. The van der Waals surface area contributed by atoms with Crippen LogP contribution in [0.3, 0.4) is 0 Å². The summed E-state index contributed by atoms with van der Waals surface area (Å²) in [5.41, 5.74) is 12.3. The highest BCUT2D eigenvalue weighted by molar-refractivity contribution is 7.99. The quantitative estimate of drug-likeness (QED) is 0.179. The van der Waals surface area contributed by atoms with Gasteiger partial charge in [0.05, 0.1) is 5.41 Å². The van der Waals surface area contributed by atoms with Crippen LogP contribution in [0.15, 0.2) is 204 Å². The van der Waals surface area contributed by atoms with Crippen molar-refractivity contribution in [2.24, 2.45) is 0 Å². The van der Waals surface area contributed by atoms with Gasteiger partial charge in [-0.05, 0) is 67.2 Å². The molecule has 0 unspecified atom stereocenters. The summed E-state index contributed by atoms with van der Waals surface area (Å²) >= 11 is 1.83. The monoisotopic (exact) mass is 756 g/mol.